The molecule has 1 aromatic carbocycles. The van der Waals surface area contributed by atoms with Crippen molar-refractivity contribution in [3.05, 3.63) is 60.2 Å². The van der Waals surface area contributed by atoms with Crippen molar-refractivity contribution < 1.29 is 9.18 Å². The fraction of sp³-hybridized carbons (Fsp3) is 0.125. The summed E-state index contributed by atoms with van der Waals surface area (Å²) in [7, 11) is 0. The van der Waals surface area contributed by atoms with Crippen molar-refractivity contribution in [1.82, 2.24) is 9.55 Å². The number of nitrogens with zero attached hydrogens (tertiary/aromatic N) is 2. The van der Waals surface area contributed by atoms with Gasteiger partial charge in [0.2, 0.25) is 0 Å². The molecule has 0 atom stereocenters. The smallest absolute Gasteiger partial charge is 0.257 e. The summed E-state index contributed by atoms with van der Waals surface area (Å²) >= 11 is 0. The third-order valence-corrected chi connectivity index (χ3v) is 3.32. The van der Waals surface area contributed by atoms with Crippen LogP contribution in [0.5, 0.6) is 0 Å². The largest absolute Gasteiger partial charge is 0.332 e. The van der Waals surface area contributed by atoms with E-state index in [-0.39, 0.29) is 11.7 Å². The van der Waals surface area contributed by atoms with Crippen LogP contribution in [0.15, 0.2) is 48.8 Å². The third kappa shape index (κ3) is 2.50. The number of hydrogen-bond donors (Lipinski definition) is 1. The number of aryl methyl sites for hydroxylation is 1. The van der Waals surface area contributed by atoms with Crippen molar-refractivity contribution >= 4 is 22.6 Å². The van der Waals surface area contributed by atoms with Gasteiger partial charge in [0.25, 0.3) is 5.91 Å². The summed E-state index contributed by atoms with van der Waals surface area (Å²) in [5.41, 5.74) is 1.90. The van der Waals surface area contributed by atoms with Crippen LogP contribution in [-0.4, -0.2) is 15.5 Å². The Kier molecular flexibility index (Phi) is 3.39. The first-order valence-electron chi connectivity index (χ1n) is 6.70. The second-order valence-corrected chi connectivity index (χ2v) is 4.66. The normalized spacial score (nSPS) is 10.8. The van der Waals surface area contributed by atoms with Gasteiger partial charge < -0.3 is 9.88 Å². The van der Waals surface area contributed by atoms with E-state index in [9.17, 15) is 9.18 Å². The summed E-state index contributed by atoms with van der Waals surface area (Å²) in [6.45, 7) is 2.73. The van der Waals surface area contributed by atoms with E-state index in [4.69, 9.17) is 0 Å². The number of hydrogen-bond acceptors (Lipinski definition) is 2. The van der Waals surface area contributed by atoms with E-state index in [1.165, 1.54) is 24.3 Å². The molecule has 0 saturated carbocycles. The Bertz CT molecular complexity index is 793. The number of nitrogens with one attached hydrogen (secondary N) is 1. The lowest BCUT2D eigenvalue weighted by atomic mass is 10.2. The molecule has 5 heteroatoms. The standard InChI is InChI=1S/C16H14FN3O/c1-2-20-10-14(13-4-3-9-18-15(13)20)16(21)19-12-7-5-11(17)6-8-12/h3-10H,2H2,1H3,(H,19,21). The quantitative estimate of drug-likeness (QED) is 0.800. The Hall–Kier alpha value is -2.69. The third-order valence-electron chi connectivity index (χ3n) is 3.32. The van der Waals surface area contributed by atoms with Gasteiger partial charge >= 0.3 is 0 Å². The molecule has 0 aliphatic rings. The predicted molar refractivity (Wildman–Crippen MR) is 79.8 cm³/mol. The molecule has 0 saturated heterocycles. The van der Waals surface area contributed by atoms with E-state index in [1.807, 2.05) is 17.6 Å². The van der Waals surface area contributed by atoms with Gasteiger partial charge in [-0.1, -0.05) is 0 Å². The number of anilines is 1. The molecule has 0 radical (unpaired) electrons. The number of fused-ring (bicyclic) bond motifs is 1. The summed E-state index contributed by atoms with van der Waals surface area (Å²) in [4.78, 5) is 16.7. The summed E-state index contributed by atoms with van der Waals surface area (Å²) < 4.78 is 14.8. The molecule has 0 unspecified atom stereocenters. The Morgan fingerprint density at radius 3 is 2.76 bits per heavy atom. The zero-order chi connectivity index (χ0) is 14.8. The number of pyridine rings is 1. The molecule has 0 aliphatic carbocycles. The molecule has 2 heterocycles. The van der Waals surface area contributed by atoms with Gasteiger partial charge in [-0.15, -0.1) is 0 Å². The van der Waals surface area contributed by atoms with Crippen LogP contribution in [0, 0.1) is 5.82 Å². The molecule has 3 aromatic rings. The van der Waals surface area contributed by atoms with E-state index in [1.54, 1.807) is 18.5 Å². The van der Waals surface area contributed by atoms with Crippen molar-refractivity contribution in [3.63, 3.8) is 0 Å². The van der Waals surface area contributed by atoms with Crippen molar-refractivity contribution in [2.75, 3.05) is 5.32 Å². The van der Waals surface area contributed by atoms with Gasteiger partial charge in [-0.3, -0.25) is 4.79 Å². The zero-order valence-electron chi connectivity index (χ0n) is 11.5. The molecular formula is C16H14FN3O. The van der Waals surface area contributed by atoms with E-state index in [2.05, 4.69) is 10.3 Å². The first-order valence-corrected chi connectivity index (χ1v) is 6.70. The summed E-state index contributed by atoms with van der Waals surface area (Å²) in [6.07, 6.45) is 3.49. The summed E-state index contributed by atoms with van der Waals surface area (Å²) in [6, 6.07) is 9.36. The van der Waals surface area contributed by atoms with Gasteiger partial charge in [-0.2, -0.15) is 0 Å². The van der Waals surface area contributed by atoms with Crippen LogP contribution in [0.4, 0.5) is 10.1 Å². The van der Waals surface area contributed by atoms with Crippen molar-refractivity contribution in [2.24, 2.45) is 0 Å². The fourth-order valence-electron chi connectivity index (χ4n) is 2.28. The van der Waals surface area contributed by atoms with Crippen LogP contribution in [0.3, 0.4) is 0 Å². The highest BCUT2D eigenvalue weighted by Gasteiger charge is 2.15. The SMILES string of the molecule is CCn1cc(C(=O)Nc2ccc(F)cc2)c2cccnc21. The molecule has 3 rings (SSSR count). The molecule has 2 aromatic heterocycles. The Balaban J connectivity index is 1.96. The number of amides is 1. The molecule has 0 fully saturated rings. The zero-order valence-corrected chi connectivity index (χ0v) is 11.5. The van der Waals surface area contributed by atoms with Gasteiger partial charge in [-0.05, 0) is 43.3 Å². The first kappa shape index (κ1) is 13.3. The van der Waals surface area contributed by atoms with E-state index in [0.29, 0.717) is 11.3 Å². The van der Waals surface area contributed by atoms with Crippen LogP contribution in [0.2, 0.25) is 0 Å². The minimum Gasteiger partial charge on any atom is -0.332 e. The summed E-state index contributed by atoms with van der Waals surface area (Å²) in [5, 5.41) is 3.57. The predicted octanol–water partition coefficient (Wildman–Crippen LogP) is 3.45. The number of carbonyl (C=O) groups is 1. The molecule has 0 bridgehead atoms. The lowest BCUT2D eigenvalue weighted by Gasteiger charge is -2.03. The van der Waals surface area contributed by atoms with E-state index in [0.717, 1.165) is 17.6 Å². The second-order valence-electron chi connectivity index (χ2n) is 4.66. The number of rotatable bonds is 3. The van der Waals surface area contributed by atoms with Gasteiger partial charge in [0.05, 0.1) is 5.56 Å². The van der Waals surface area contributed by atoms with Gasteiger partial charge in [0.1, 0.15) is 11.5 Å². The number of aromatic nitrogens is 2. The number of carbonyl (C=O) groups excluding carboxylic acids is 1. The van der Waals surface area contributed by atoms with Crippen molar-refractivity contribution in [3.8, 4) is 0 Å². The minimum atomic E-state index is -0.334. The maximum atomic E-state index is 12.9. The van der Waals surface area contributed by atoms with Crippen molar-refractivity contribution in [2.45, 2.75) is 13.5 Å². The number of benzene rings is 1. The molecule has 21 heavy (non-hydrogen) atoms. The Morgan fingerprint density at radius 1 is 1.29 bits per heavy atom. The molecular weight excluding hydrogens is 269 g/mol. The lowest BCUT2D eigenvalue weighted by molar-refractivity contribution is 0.102. The van der Waals surface area contributed by atoms with Gasteiger partial charge in [0, 0.05) is 30.0 Å². The van der Waals surface area contributed by atoms with Crippen LogP contribution < -0.4 is 5.32 Å². The van der Waals surface area contributed by atoms with Crippen LogP contribution in [0.1, 0.15) is 17.3 Å². The average Bonchev–Trinajstić information content (AvgIpc) is 2.88. The van der Waals surface area contributed by atoms with Crippen molar-refractivity contribution in [1.29, 1.82) is 0 Å². The van der Waals surface area contributed by atoms with Crippen LogP contribution >= 0.6 is 0 Å². The molecule has 106 valence electrons. The second kappa shape index (κ2) is 5.36. The fourth-order valence-corrected chi connectivity index (χ4v) is 2.28. The van der Waals surface area contributed by atoms with Gasteiger partial charge in [-0.25, -0.2) is 9.37 Å². The molecule has 1 N–H and O–H groups in total. The van der Waals surface area contributed by atoms with E-state index < -0.39 is 0 Å². The molecule has 1 amide bonds. The van der Waals surface area contributed by atoms with Crippen LogP contribution in [0.25, 0.3) is 11.0 Å². The lowest BCUT2D eigenvalue weighted by Crippen LogP contribution is -2.11. The highest BCUT2D eigenvalue weighted by Crippen LogP contribution is 2.20. The molecule has 0 spiro atoms. The maximum Gasteiger partial charge on any atom is 0.257 e. The topological polar surface area (TPSA) is 46.9 Å². The monoisotopic (exact) mass is 283 g/mol. The van der Waals surface area contributed by atoms with Crippen LogP contribution in [-0.2, 0) is 6.54 Å². The Morgan fingerprint density at radius 2 is 2.05 bits per heavy atom. The minimum absolute atomic E-state index is 0.230. The molecule has 4 nitrogen and oxygen atoms in total. The molecule has 0 aliphatic heterocycles. The number of halogens is 1. The first-order chi connectivity index (χ1) is 10.2. The maximum absolute atomic E-state index is 12.9. The Labute approximate surface area is 121 Å². The van der Waals surface area contributed by atoms with E-state index >= 15 is 0 Å². The average molecular weight is 283 g/mol. The van der Waals surface area contributed by atoms with Gasteiger partial charge in [0.15, 0.2) is 0 Å². The highest BCUT2D eigenvalue weighted by molar-refractivity contribution is 6.12. The highest BCUT2D eigenvalue weighted by atomic mass is 19.1. The summed E-state index contributed by atoms with van der Waals surface area (Å²) in [5.74, 6) is -0.563.